The molecule has 0 amide bonds. The van der Waals surface area contributed by atoms with Crippen molar-refractivity contribution >= 4 is 22.9 Å². The van der Waals surface area contributed by atoms with Crippen LogP contribution >= 0.6 is 22.9 Å². The third-order valence-electron chi connectivity index (χ3n) is 4.80. The van der Waals surface area contributed by atoms with Gasteiger partial charge in [0.15, 0.2) is 0 Å². The van der Waals surface area contributed by atoms with Crippen LogP contribution < -0.4 is 5.73 Å². The van der Waals surface area contributed by atoms with E-state index in [0.29, 0.717) is 17.4 Å². The molecule has 19 heavy (non-hydrogen) atoms. The van der Waals surface area contributed by atoms with Gasteiger partial charge in [0, 0.05) is 27.4 Å². The van der Waals surface area contributed by atoms with Crippen LogP contribution in [-0.4, -0.2) is 11.0 Å². The molecule has 0 saturated heterocycles. The molecule has 3 atom stereocenters. The van der Waals surface area contributed by atoms with Crippen molar-refractivity contribution in [3.8, 4) is 11.3 Å². The Morgan fingerprint density at radius 2 is 2.11 bits per heavy atom. The van der Waals surface area contributed by atoms with Crippen LogP contribution in [0.3, 0.4) is 0 Å². The molecule has 0 radical (unpaired) electrons. The monoisotopic (exact) mass is 290 g/mol. The molecule has 4 rings (SSSR count). The lowest BCUT2D eigenvalue weighted by molar-refractivity contribution is -0.0193. The molecule has 2 fully saturated rings. The number of hydrogen-bond donors (Lipinski definition) is 1. The van der Waals surface area contributed by atoms with E-state index in [1.54, 1.807) is 11.3 Å². The van der Waals surface area contributed by atoms with Gasteiger partial charge < -0.3 is 5.73 Å². The molecule has 0 spiro atoms. The highest BCUT2D eigenvalue weighted by Gasteiger charge is 2.60. The van der Waals surface area contributed by atoms with Crippen molar-refractivity contribution in [2.45, 2.75) is 30.7 Å². The van der Waals surface area contributed by atoms with E-state index in [1.165, 1.54) is 17.8 Å². The lowest BCUT2D eigenvalue weighted by Gasteiger charge is -2.61. The highest BCUT2D eigenvalue weighted by molar-refractivity contribution is 7.10. The molecular formula is C15H15ClN2S. The SMILES string of the molecule is NC1CC2(c3nc(-c4ccc(Cl)cc4)cs3)CCC12. The van der Waals surface area contributed by atoms with Crippen molar-refractivity contribution in [3.05, 3.63) is 39.7 Å². The van der Waals surface area contributed by atoms with E-state index in [-0.39, 0.29) is 0 Å². The maximum atomic E-state index is 6.08. The van der Waals surface area contributed by atoms with Crippen LogP contribution in [0.25, 0.3) is 11.3 Å². The van der Waals surface area contributed by atoms with E-state index < -0.39 is 0 Å². The second kappa shape index (κ2) is 4.05. The summed E-state index contributed by atoms with van der Waals surface area (Å²) in [6.07, 6.45) is 3.65. The van der Waals surface area contributed by atoms with Gasteiger partial charge in [0.25, 0.3) is 0 Å². The van der Waals surface area contributed by atoms with Crippen LogP contribution in [0.5, 0.6) is 0 Å². The molecule has 1 aromatic heterocycles. The molecule has 0 bridgehead atoms. The average molecular weight is 291 g/mol. The molecule has 2 aliphatic carbocycles. The van der Waals surface area contributed by atoms with Gasteiger partial charge in [-0.15, -0.1) is 11.3 Å². The van der Waals surface area contributed by atoms with Gasteiger partial charge in [-0.1, -0.05) is 23.7 Å². The van der Waals surface area contributed by atoms with Crippen molar-refractivity contribution in [3.63, 3.8) is 0 Å². The molecule has 98 valence electrons. The molecule has 1 aromatic carbocycles. The fraction of sp³-hybridized carbons (Fsp3) is 0.400. The minimum Gasteiger partial charge on any atom is -0.327 e. The van der Waals surface area contributed by atoms with Gasteiger partial charge in [0.2, 0.25) is 0 Å². The predicted molar refractivity (Wildman–Crippen MR) is 79.6 cm³/mol. The first-order valence-electron chi connectivity index (χ1n) is 6.67. The Labute approximate surface area is 121 Å². The third-order valence-corrected chi connectivity index (χ3v) is 6.11. The number of rotatable bonds is 2. The smallest absolute Gasteiger partial charge is 0.0998 e. The normalized spacial score (nSPS) is 32.3. The van der Waals surface area contributed by atoms with E-state index >= 15 is 0 Å². The van der Waals surface area contributed by atoms with E-state index in [2.05, 4.69) is 5.38 Å². The van der Waals surface area contributed by atoms with Crippen LogP contribution in [0.15, 0.2) is 29.6 Å². The van der Waals surface area contributed by atoms with Gasteiger partial charge in [0.05, 0.1) is 10.7 Å². The van der Waals surface area contributed by atoms with Crippen LogP contribution in [0.1, 0.15) is 24.3 Å². The number of fused-ring (bicyclic) bond motifs is 1. The molecule has 3 unspecified atom stereocenters. The molecule has 2 nitrogen and oxygen atoms in total. The molecule has 2 aliphatic rings. The fourth-order valence-corrected chi connectivity index (χ4v) is 4.81. The number of nitrogens with two attached hydrogens (primary N) is 1. The maximum absolute atomic E-state index is 6.08. The first kappa shape index (κ1) is 11.9. The maximum Gasteiger partial charge on any atom is 0.0998 e. The van der Waals surface area contributed by atoms with E-state index in [4.69, 9.17) is 22.3 Å². The van der Waals surface area contributed by atoms with Crippen molar-refractivity contribution in [2.75, 3.05) is 0 Å². The summed E-state index contributed by atoms with van der Waals surface area (Å²) in [5.41, 5.74) is 8.62. The minimum atomic E-state index is 0.328. The minimum absolute atomic E-state index is 0.328. The highest BCUT2D eigenvalue weighted by Crippen LogP contribution is 2.61. The van der Waals surface area contributed by atoms with Crippen LogP contribution in [-0.2, 0) is 5.41 Å². The number of hydrogen-bond acceptors (Lipinski definition) is 3. The van der Waals surface area contributed by atoms with Crippen LogP contribution in [0.4, 0.5) is 0 Å². The largest absolute Gasteiger partial charge is 0.327 e. The summed E-state index contributed by atoms with van der Waals surface area (Å²) in [6.45, 7) is 0. The summed E-state index contributed by atoms with van der Waals surface area (Å²) in [7, 11) is 0. The van der Waals surface area contributed by atoms with Gasteiger partial charge in [-0.25, -0.2) is 4.98 Å². The Morgan fingerprint density at radius 1 is 1.32 bits per heavy atom. The summed E-state index contributed by atoms with van der Waals surface area (Å²) in [6, 6.07) is 8.29. The first-order chi connectivity index (χ1) is 9.19. The number of nitrogens with zero attached hydrogens (tertiary/aromatic N) is 1. The van der Waals surface area contributed by atoms with Gasteiger partial charge in [0.1, 0.15) is 0 Å². The second-order valence-corrected chi connectivity index (χ2v) is 7.01. The Kier molecular flexibility index (Phi) is 2.53. The van der Waals surface area contributed by atoms with Gasteiger partial charge >= 0.3 is 0 Å². The molecule has 2 saturated carbocycles. The fourth-order valence-electron chi connectivity index (χ4n) is 3.55. The molecular weight excluding hydrogens is 276 g/mol. The number of thiazole rings is 1. The van der Waals surface area contributed by atoms with Crippen LogP contribution in [0, 0.1) is 5.92 Å². The second-order valence-electron chi connectivity index (χ2n) is 5.71. The predicted octanol–water partition coefficient (Wildman–Crippen LogP) is 3.84. The third kappa shape index (κ3) is 1.62. The van der Waals surface area contributed by atoms with Gasteiger partial charge in [-0.2, -0.15) is 0 Å². The summed E-state index contributed by atoms with van der Waals surface area (Å²) in [4.78, 5) is 4.86. The van der Waals surface area contributed by atoms with Crippen molar-refractivity contribution in [1.29, 1.82) is 0 Å². The Bertz CT molecular complexity index is 621. The van der Waals surface area contributed by atoms with E-state index in [1.807, 2.05) is 24.3 Å². The van der Waals surface area contributed by atoms with E-state index in [0.717, 1.165) is 22.7 Å². The Morgan fingerprint density at radius 3 is 2.68 bits per heavy atom. The number of aromatic nitrogens is 1. The topological polar surface area (TPSA) is 38.9 Å². The molecule has 1 heterocycles. The van der Waals surface area contributed by atoms with Crippen molar-refractivity contribution < 1.29 is 0 Å². The first-order valence-corrected chi connectivity index (χ1v) is 7.92. The van der Waals surface area contributed by atoms with Gasteiger partial charge in [-0.05, 0) is 37.3 Å². The zero-order valence-electron chi connectivity index (χ0n) is 10.5. The quantitative estimate of drug-likeness (QED) is 0.912. The van der Waals surface area contributed by atoms with E-state index in [9.17, 15) is 0 Å². The number of benzene rings is 1. The number of halogens is 1. The lowest BCUT2D eigenvalue weighted by Crippen LogP contribution is -2.64. The van der Waals surface area contributed by atoms with Gasteiger partial charge in [-0.3, -0.25) is 0 Å². The molecule has 2 aromatic rings. The van der Waals surface area contributed by atoms with Crippen LogP contribution in [0.2, 0.25) is 5.02 Å². The van der Waals surface area contributed by atoms with Crippen molar-refractivity contribution in [1.82, 2.24) is 4.98 Å². The molecule has 0 aliphatic heterocycles. The zero-order chi connectivity index (χ0) is 13.0. The summed E-state index contributed by atoms with van der Waals surface area (Å²) in [5.74, 6) is 0.678. The lowest BCUT2D eigenvalue weighted by atomic mass is 9.45. The highest BCUT2D eigenvalue weighted by atomic mass is 35.5. The molecule has 2 N–H and O–H groups in total. The summed E-state index contributed by atoms with van der Waals surface area (Å²) >= 11 is 7.71. The summed E-state index contributed by atoms with van der Waals surface area (Å²) < 4.78 is 0. The Balaban J connectivity index is 1.65. The standard InChI is InChI=1S/C15H15ClN2S/c16-10-3-1-9(2-4-10)13-8-19-14(18-13)15-6-5-11(15)12(17)7-15/h1-4,8,11-12H,5-7,17H2. The molecule has 4 heteroatoms. The Hall–Kier alpha value is -0.900. The van der Waals surface area contributed by atoms with Crippen molar-refractivity contribution in [2.24, 2.45) is 11.7 Å². The summed E-state index contributed by atoms with van der Waals surface area (Å²) in [5, 5.41) is 4.21. The average Bonchev–Trinajstić information content (AvgIpc) is 2.85. The zero-order valence-corrected chi connectivity index (χ0v) is 12.0.